The molecule has 0 radical (unpaired) electrons. The monoisotopic (exact) mass is 586 g/mol. The molecule has 2 nitrogen and oxygen atoms in total. The maximum atomic E-state index is 5.06. The minimum Gasteiger partial charge on any atom is -0.514 e. The normalized spacial score (nSPS) is 10.0. The Balaban J connectivity index is -0.000000529. The first-order chi connectivity index (χ1) is 15.5. The molecule has 7 heteroatoms. The van der Waals surface area contributed by atoms with Gasteiger partial charge in [0.25, 0.3) is 0 Å². The van der Waals surface area contributed by atoms with Crippen molar-refractivity contribution in [1.29, 1.82) is 0 Å². The molecule has 0 aromatic carbocycles. The molecule has 0 aromatic rings. The van der Waals surface area contributed by atoms with Crippen molar-refractivity contribution < 1.29 is 29.0 Å². The van der Waals surface area contributed by atoms with Crippen molar-refractivity contribution in [2.24, 2.45) is 0 Å². The van der Waals surface area contributed by atoms with Crippen LogP contribution >= 0.6 is 24.4 Å². The van der Waals surface area contributed by atoms with E-state index in [1.165, 1.54) is 116 Å². The van der Waals surface area contributed by atoms with Gasteiger partial charge in [0.05, 0.1) is 13.2 Å². The first-order valence-corrected chi connectivity index (χ1v) is 14.8. The van der Waals surface area contributed by atoms with E-state index >= 15 is 0 Å². The maximum absolute atomic E-state index is 5.06. The SMILES string of the molecule is CCCCCCCCCCCCOC(=S)[S-].CCCCCCCCCCCCOC(=S)[S-].[Zn+2]. The van der Waals surface area contributed by atoms with Crippen molar-refractivity contribution in [2.45, 2.75) is 142 Å². The summed E-state index contributed by atoms with van der Waals surface area (Å²) in [6.45, 7) is 5.94. The number of ether oxygens (including phenoxy) is 2. The van der Waals surface area contributed by atoms with Crippen molar-refractivity contribution in [3.63, 3.8) is 0 Å². The molecule has 0 N–H and O–H groups in total. The minimum absolute atomic E-state index is 0. The zero-order chi connectivity index (χ0) is 24.1. The molecular formula is C26H50O2S4Zn. The summed E-state index contributed by atoms with van der Waals surface area (Å²) >= 11 is 18.6. The molecule has 0 aliphatic carbocycles. The molecule has 0 saturated heterocycles. The standard InChI is InChI=1S/2C13H26OS2.Zn/c2*1-2-3-4-5-6-7-8-9-10-11-12-14-13(15)16;/h2*2-12H2,1H3,(H,15,16);/q;;+2/p-2. The zero-order valence-corrected chi connectivity index (χ0v) is 27.9. The smallest absolute Gasteiger partial charge is 0.514 e. The van der Waals surface area contributed by atoms with E-state index in [1.54, 1.807) is 0 Å². The van der Waals surface area contributed by atoms with Crippen molar-refractivity contribution >= 4 is 58.5 Å². The van der Waals surface area contributed by atoms with E-state index in [4.69, 9.17) is 9.47 Å². The molecule has 192 valence electrons. The van der Waals surface area contributed by atoms with Crippen LogP contribution in [0.5, 0.6) is 0 Å². The summed E-state index contributed by atoms with van der Waals surface area (Å²) in [6, 6.07) is 0. The van der Waals surface area contributed by atoms with Crippen LogP contribution in [-0.2, 0) is 54.2 Å². The van der Waals surface area contributed by atoms with E-state index < -0.39 is 0 Å². The van der Waals surface area contributed by atoms with Gasteiger partial charge in [-0.2, -0.15) is 0 Å². The molecule has 0 heterocycles. The summed E-state index contributed by atoms with van der Waals surface area (Å²) in [5, 5.41) is 0. The fraction of sp³-hybridized carbons (Fsp3) is 0.923. The molecule has 0 amide bonds. The van der Waals surface area contributed by atoms with Crippen molar-refractivity contribution in [2.75, 3.05) is 13.2 Å². The van der Waals surface area contributed by atoms with Gasteiger partial charge in [-0.05, 0) is 12.8 Å². The second kappa shape index (κ2) is 35.0. The van der Waals surface area contributed by atoms with Crippen LogP contribution in [0.3, 0.4) is 0 Å². The van der Waals surface area contributed by atoms with Crippen LogP contribution in [0.4, 0.5) is 0 Å². The third-order valence-electron chi connectivity index (χ3n) is 5.44. The molecule has 0 unspecified atom stereocenters. The van der Waals surface area contributed by atoms with Gasteiger partial charge in [0.1, 0.15) is 0 Å². The van der Waals surface area contributed by atoms with Gasteiger partial charge in [-0.15, -0.1) is 0 Å². The van der Waals surface area contributed by atoms with E-state index in [9.17, 15) is 0 Å². The van der Waals surface area contributed by atoms with E-state index in [1.807, 2.05) is 0 Å². The van der Waals surface area contributed by atoms with Gasteiger partial charge < -0.3 is 59.2 Å². The molecule has 0 fully saturated rings. The van der Waals surface area contributed by atoms with E-state index in [0.717, 1.165) is 12.8 Å². The molecule has 0 aliphatic heterocycles. The molecule has 0 bridgehead atoms. The fourth-order valence-corrected chi connectivity index (χ4v) is 3.82. The molecule has 33 heavy (non-hydrogen) atoms. The Hall–Kier alpha value is 0.843. The Kier molecular flexibility index (Phi) is 40.7. The van der Waals surface area contributed by atoms with Gasteiger partial charge in [-0.1, -0.05) is 129 Å². The van der Waals surface area contributed by atoms with Gasteiger partial charge in [-0.25, -0.2) is 0 Å². The number of unbranched alkanes of at least 4 members (excludes halogenated alkanes) is 18. The maximum Gasteiger partial charge on any atom is 2.00 e. The van der Waals surface area contributed by atoms with Crippen molar-refractivity contribution in [1.82, 2.24) is 0 Å². The Morgan fingerprint density at radius 2 is 0.667 bits per heavy atom. The molecule has 0 aromatic heterocycles. The molecule has 0 rings (SSSR count). The average molecular weight is 588 g/mol. The van der Waals surface area contributed by atoms with Crippen LogP contribution in [0.25, 0.3) is 0 Å². The molecular weight excluding hydrogens is 538 g/mol. The topological polar surface area (TPSA) is 18.5 Å². The largest absolute Gasteiger partial charge is 2.00 e. The Labute approximate surface area is 241 Å². The van der Waals surface area contributed by atoms with Crippen LogP contribution in [0.1, 0.15) is 142 Å². The number of hydrogen-bond acceptors (Lipinski definition) is 6. The van der Waals surface area contributed by atoms with Gasteiger partial charge in [-0.3, -0.25) is 0 Å². The summed E-state index contributed by atoms with van der Waals surface area (Å²) in [4.78, 5) is 0. The average Bonchev–Trinajstić information content (AvgIpc) is 2.76. The molecule has 0 spiro atoms. The zero-order valence-electron chi connectivity index (χ0n) is 21.7. The summed E-state index contributed by atoms with van der Waals surface area (Å²) in [6.07, 6.45) is 26.8. The van der Waals surface area contributed by atoms with Gasteiger partial charge in [0, 0.05) is 8.77 Å². The van der Waals surface area contributed by atoms with Crippen LogP contribution in [0, 0.1) is 0 Å². The summed E-state index contributed by atoms with van der Waals surface area (Å²) in [5.41, 5.74) is 0. The van der Waals surface area contributed by atoms with Crippen LogP contribution in [0.2, 0.25) is 0 Å². The van der Waals surface area contributed by atoms with Gasteiger partial charge in [0.2, 0.25) is 0 Å². The molecule has 0 saturated carbocycles. The first kappa shape index (κ1) is 38.4. The number of rotatable bonds is 22. The fourth-order valence-electron chi connectivity index (χ4n) is 3.49. The second-order valence-corrected chi connectivity index (χ2v) is 10.6. The Bertz CT molecular complexity index is 362. The van der Waals surface area contributed by atoms with E-state index in [0.29, 0.717) is 13.2 Å². The quantitative estimate of drug-likeness (QED) is 0.0539. The van der Waals surface area contributed by atoms with E-state index in [-0.39, 0.29) is 28.2 Å². The molecule has 0 aliphatic rings. The predicted octanol–water partition coefficient (Wildman–Crippen LogP) is 9.51. The molecule has 0 atom stereocenters. The van der Waals surface area contributed by atoms with Crippen LogP contribution < -0.4 is 0 Å². The number of thiocarbonyl (C=S) groups is 2. The van der Waals surface area contributed by atoms with Crippen LogP contribution in [0.15, 0.2) is 0 Å². The number of hydrogen-bond donors (Lipinski definition) is 0. The second-order valence-electron chi connectivity index (χ2n) is 8.56. The summed E-state index contributed by atoms with van der Waals surface area (Å²) in [5.74, 6) is 0. The van der Waals surface area contributed by atoms with E-state index in [2.05, 4.69) is 63.5 Å². The Morgan fingerprint density at radius 1 is 0.455 bits per heavy atom. The minimum atomic E-state index is 0. The van der Waals surface area contributed by atoms with Crippen LogP contribution in [-0.4, -0.2) is 22.0 Å². The predicted molar refractivity (Wildman–Crippen MR) is 156 cm³/mol. The first-order valence-electron chi connectivity index (χ1n) is 13.2. The van der Waals surface area contributed by atoms with Gasteiger partial charge >= 0.3 is 19.5 Å². The summed E-state index contributed by atoms with van der Waals surface area (Å²) < 4.78 is 10.6. The third-order valence-corrected chi connectivity index (χ3v) is 5.91. The van der Waals surface area contributed by atoms with Crippen molar-refractivity contribution in [3.05, 3.63) is 0 Å². The Morgan fingerprint density at radius 3 is 0.879 bits per heavy atom. The summed E-state index contributed by atoms with van der Waals surface area (Å²) in [7, 11) is 0. The van der Waals surface area contributed by atoms with Gasteiger partial charge in [0.15, 0.2) is 0 Å². The van der Waals surface area contributed by atoms with Crippen molar-refractivity contribution in [3.8, 4) is 0 Å². The third kappa shape index (κ3) is 43.4.